The minimum atomic E-state index is -3.95. The smallest absolute Gasteiger partial charge is 0.387 e. The van der Waals surface area contributed by atoms with E-state index < -0.39 is 35.1 Å². The predicted octanol–water partition coefficient (Wildman–Crippen LogP) is 3.05. The highest BCUT2D eigenvalue weighted by atomic mass is 32.2. The number of nitrogens with one attached hydrogen (secondary N) is 1. The molecule has 1 N–H and O–H groups in total. The van der Waals surface area contributed by atoms with E-state index in [1.54, 1.807) is 19.1 Å². The molecular formula is C20H21F2N3O4S. The third kappa shape index (κ3) is 5.75. The van der Waals surface area contributed by atoms with Crippen molar-refractivity contribution in [3.63, 3.8) is 0 Å². The first-order valence-electron chi connectivity index (χ1n) is 8.98. The number of carbonyl (C=O) groups excluding carboxylic acids is 1. The Morgan fingerprint density at radius 3 is 2.40 bits per heavy atom. The van der Waals surface area contributed by atoms with Crippen molar-refractivity contribution in [2.75, 3.05) is 13.6 Å². The molecule has 0 saturated heterocycles. The number of nitrogens with zero attached hydrogens (tertiary/aromatic N) is 2. The molecule has 0 saturated carbocycles. The average Bonchev–Trinajstić information content (AvgIpc) is 2.72. The Morgan fingerprint density at radius 2 is 1.83 bits per heavy atom. The first-order chi connectivity index (χ1) is 14.2. The van der Waals surface area contributed by atoms with E-state index in [-0.39, 0.29) is 10.6 Å². The summed E-state index contributed by atoms with van der Waals surface area (Å²) in [4.78, 5) is 12.4. The lowest BCUT2D eigenvalue weighted by Crippen LogP contribution is -2.39. The monoisotopic (exact) mass is 437 g/mol. The van der Waals surface area contributed by atoms with Gasteiger partial charge >= 0.3 is 6.61 Å². The Kier molecular flexibility index (Phi) is 7.86. The van der Waals surface area contributed by atoms with Crippen molar-refractivity contribution in [3.05, 3.63) is 59.7 Å². The fourth-order valence-electron chi connectivity index (χ4n) is 2.78. The van der Waals surface area contributed by atoms with E-state index in [0.29, 0.717) is 17.5 Å². The van der Waals surface area contributed by atoms with Crippen LogP contribution in [0.15, 0.2) is 53.4 Å². The SMILES string of the molecule is CCC(NC(=O)CN(C)S(=O)(=O)c1ccc(C#N)cc1)c1ccccc1OC(F)F. The lowest BCUT2D eigenvalue weighted by atomic mass is 10.0. The van der Waals surface area contributed by atoms with Gasteiger partial charge in [-0.25, -0.2) is 8.42 Å². The van der Waals surface area contributed by atoms with Crippen molar-refractivity contribution in [1.82, 2.24) is 9.62 Å². The topological polar surface area (TPSA) is 99.5 Å². The van der Waals surface area contributed by atoms with Gasteiger partial charge in [-0.15, -0.1) is 0 Å². The second kappa shape index (κ2) is 10.1. The van der Waals surface area contributed by atoms with E-state index in [4.69, 9.17) is 5.26 Å². The van der Waals surface area contributed by atoms with Gasteiger partial charge in [0.1, 0.15) is 5.75 Å². The zero-order valence-electron chi connectivity index (χ0n) is 16.4. The Hall–Kier alpha value is -3.03. The van der Waals surface area contributed by atoms with Crippen molar-refractivity contribution in [3.8, 4) is 11.8 Å². The summed E-state index contributed by atoms with van der Waals surface area (Å²) in [5.41, 5.74) is 0.677. The van der Waals surface area contributed by atoms with Gasteiger partial charge in [-0.2, -0.15) is 18.3 Å². The second-order valence-electron chi connectivity index (χ2n) is 6.34. The molecule has 1 atom stereocenters. The van der Waals surface area contributed by atoms with Crippen LogP contribution in [0.25, 0.3) is 0 Å². The number of amides is 1. The number of halogens is 2. The Morgan fingerprint density at radius 1 is 1.20 bits per heavy atom. The molecule has 0 fully saturated rings. The third-order valence-electron chi connectivity index (χ3n) is 4.31. The van der Waals surface area contributed by atoms with E-state index in [9.17, 15) is 22.0 Å². The van der Waals surface area contributed by atoms with Gasteiger partial charge in [0.05, 0.1) is 29.1 Å². The lowest BCUT2D eigenvalue weighted by Gasteiger charge is -2.22. The summed E-state index contributed by atoms with van der Waals surface area (Å²) in [5.74, 6) is -0.661. The number of para-hydroxylation sites is 1. The summed E-state index contributed by atoms with van der Waals surface area (Å²) >= 11 is 0. The van der Waals surface area contributed by atoms with Gasteiger partial charge in [-0.05, 0) is 36.8 Å². The summed E-state index contributed by atoms with van der Waals surface area (Å²) in [7, 11) is -2.70. The van der Waals surface area contributed by atoms with Crippen LogP contribution in [-0.4, -0.2) is 38.8 Å². The minimum Gasteiger partial charge on any atom is -0.434 e. The number of alkyl halides is 2. The lowest BCUT2D eigenvalue weighted by molar-refractivity contribution is -0.121. The highest BCUT2D eigenvalue weighted by molar-refractivity contribution is 7.89. The number of hydrogen-bond acceptors (Lipinski definition) is 5. The van der Waals surface area contributed by atoms with Gasteiger partial charge in [0.25, 0.3) is 0 Å². The van der Waals surface area contributed by atoms with E-state index in [0.717, 1.165) is 4.31 Å². The van der Waals surface area contributed by atoms with Gasteiger partial charge in [0, 0.05) is 12.6 Å². The van der Waals surface area contributed by atoms with E-state index >= 15 is 0 Å². The van der Waals surface area contributed by atoms with Crippen molar-refractivity contribution < 1.29 is 26.7 Å². The summed E-state index contributed by atoms with van der Waals surface area (Å²) in [6.07, 6.45) is 0.376. The second-order valence-corrected chi connectivity index (χ2v) is 8.39. The highest BCUT2D eigenvalue weighted by Crippen LogP contribution is 2.28. The zero-order chi connectivity index (χ0) is 22.3. The molecule has 30 heavy (non-hydrogen) atoms. The summed E-state index contributed by atoms with van der Waals surface area (Å²) in [6.45, 7) is -1.74. The number of sulfonamides is 1. The first-order valence-corrected chi connectivity index (χ1v) is 10.4. The van der Waals surface area contributed by atoms with Crippen molar-refractivity contribution >= 4 is 15.9 Å². The zero-order valence-corrected chi connectivity index (χ0v) is 17.2. The molecule has 1 amide bonds. The van der Waals surface area contributed by atoms with E-state index in [1.165, 1.54) is 43.4 Å². The highest BCUT2D eigenvalue weighted by Gasteiger charge is 2.25. The van der Waals surface area contributed by atoms with Gasteiger partial charge in [-0.1, -0.05) is 25.1 Å². The van der Waals surface area contributed by atoms with Crippen LogP contribution >= 0.6 is 0 Å². The molecule has 2 aromatic rings. The molecule has 0 aliphatic carbocycles. The normalized spacial score (nSPS) is 12.4. The molecule has 0 aromatic heterocycles. The number of carbonyl (C=O) groups is 1. The number of hydrogen-bond donors (Lipinski definition) is 1. The van der Waals surface area contributed by atoms with Crippen LogP contribution in [0.2, 0.25) is 0 Å². The summed E-state index contributed by atoms with van der Waals surface area (Å²) in [5, 5.41) is 11.5. The van der Waals surface area contributed by atoms with Crippen LogP contribution in [0.1, 0.15) is 30.5 Å². The quantitative estimate of drug-likeness (QED) is 0.650. The van der Waals surface area contributed by atoms with Crippen molar-refractivity contribution in [2.24, 2.45) is 0 Å². The van der Waals surface area contributed by atoms with Gasteiger partial charge < -0.3 is 10.1 Å². The molecule has 0 aliphatic rings. The van der Waals surface area contributed by atoms with Crippen LogP contribution < -0.4 is 10.1 Å². The number of nitriles is 1. The first kappa shape index (κ1) is 23.3. The number of rotatable bonds is 9. The molecule has 160 valence electrons. The van der Waals surface area contributed by atoms with Crippen LogP contribution in [0.3, 0.4) is 0 Å². The fraction of sp³-hybridized carbons (Fsp3) is 0.300. The molecule has 2 aromatic carbocycles. The van der Waals surface area contributed by atoms with E-state index in [1.807, 2.05) is 6.07 Å². The van der Waals surface area contributed by atoms with Crippen LogP contribution in [0.4, 0.5) is 8.78 Å². The molecule has 0 spiro atoms. The molecule has 1 unspecified atom stereocenters. The molecular weight excluding hydrogens is 416 g/mol. The standard InChI is InChI=1S/C20H21F2N3O4S/c1-3-17(16-6-4-5-7-18(16)29-20(21)22)24-19(26)13-25(2)30(27,28)15-10-8-14(12-23)9-11-15/h4-11,17,20H,3,13H2,1-2H3,(H,24,26). The summed E-state index contributed by atoms with van der Waals surface area (Å²) in [6, 6.07) is 12.7. The maximum atomic E-state index is 12.6. The minimum absolute atomic E-state index is 0.0560. The Labute approximate surface area is 173 Å². The number of likely N-dealkylation sites (N-methyl/N-ethyl adjacent to an activating group) is 1. The van der Waals surface area contributed by atoms with Crippen molar-refractivity contribution in [2.45, 2.75) is 30.9 Å². The number of benzene rings is 2. The van der Waals surface area contributed by atoms with Gasteiger partial charge in [0.2, 0.25) is 15.9 Å². The molecule has 0 aliphatic heterocycles. The predicted molar refractivity (Wildman–Crippen MR) is 105 cm³/mol. The molecule has 0 radical (unpaired) electrons. The molecule has 0 heterocycles. The Balaban J connectivity index is 2.12. The van der Waals surface area contributed by atoms with E-state index in [2.05, 4.69) is 10.1 Å². The van der Waals surface area contributed by atoms with Crippen LogP contribution in [0.5, 0.6) is 5.75 Å². The van der Waals surface area contributed by atoms with Gasteiger partial charge in [0.15, 0.2) is 0 Å². The molecule has 0 bridgehead atoms. The molecule has 7 nitrogen and oxygen atoms in total. The molecule has 2 rings (SSSR count). The maximum absolute atomic E-state index is 12.6. The fourth-order valence-corrected chi connectivity index (χ4v) is 3.91. The summed E-state index contributed by atoms with van der Waals surface area (Å²) < 4.78 is 55.9. The largest absolute Gasteiger partial charge is 0.434 e. The maximum Gasteiger partial charge on any atom is 0.387 e. The van der Waals surface area contributed by atoms with Crippen LogP contribution in [-0.2, 0) is 14.8 Å². The number of ether oxygens (including phenoxy) is 1. The van der Waals surface area contributed by atoms with Crippen molar-refractivity contribution in [1.29, 1.82) is 5.26 Å². The molecule has 10 heteroatoms. The third-order valence-corrected chi connectivity index (χ3v) is 6.13. The van der Waals surface area contributed by atoms with Crippen LogP contribution in [0, 0.1) is 11.3 Å². The Bertz CT molecular complexity index is 1020. The van der Waals surface area contributed by atoms with Gasteiger partial charge in [-0.3, -0.25) is 4.79 Å². The average molecular weight is 437 g/mol.